The molecule has 2 aromatic heterocycles. The Kier molecular flexibility index (Phi) is 6.39. The van der Waals surface area contributed by atoms with E-state index >= 15 is 0 Å². The highest BCUT2D eigenvalue weighted by molar-refractivity contribution is 5.86. The average Bonchev–Trinajstić information content (AvgIpc) is 3.20. The lowest BCUT2D eigenvalue weighted by atomic mass is 10.0. The molecular weight excluding hydrogens is 458 g/mol. The second-order valence-corrected chi connectivity index (χ2v) is 6.52. The van der Waals surface area contributed by atoms with Gasteiger partial charge < -0.3 is 4.74 Å². The third kappa shape index (κ3) is 6.06. The van der Waals surface area contributed by atoms with E-state index in [4.69, 9.17) is 10.6 Å². The van der Waals surface area contributed by atoms with Crippen molar-refractivity contribution in [3.05, 3.63) is 59.9 Å². The lowest BCUT2D eigenvalue weighted by Gasteiger charge is -2.13. The lowest BCUT2D eigenvalue weighted by Crippen LogP contribution is -2.26. The molecule has 0 aliphatic carbocycles. The molecule has 0 aliphatic rings. The molecule has 0 amide bonds. The Morgan fingerprint density at radius 2 is 1.73 bits per heavy atom. The highest BCUT2D eigenvalue weighted by Crippen LogP contribution is 2.38. The van der Waals surface area contributed by atoms with Crippen molar-refractivity contribution in [3.63, 3.8) is 0 Å². The quantitative estimate of drug-likeness (QED) is 0.199. The Morgan fingerprint density at radius 3 is 2.30 bits per heavy atom. The number of nitrogens with two attached hydrogens (primary N) is 1. The number of hydrazine groups is 1. The molecule has 0 unspecified atom stereocenters. The number of carbonyl (C=O) groups is 1. The number of ether oxygens (including phenoxy) is 1. The van der Waals surface area contributed by atoms with Crippen LogP contribution in [0.15, 0.2) is 48.8 Å². The van der Waals surface area contributed by atoms with E-state index in [0.717, 1.165) is 23.3 Å². The predicted octanol–water partition coefficient (Wildman–Crippen LogP) is 3.76. The summed E-state index contributed by atoms with van der Waals surface area (Å²) < 4.78 is 84.1. The van der Waals surface area contributed by atoms with E-state index in [0.29, 0.717) is 18.0 Å². The number of rotatable bonds is 5. The topological polar surface area (TPSA) is 99.2 Å². The molecular formula is C19H14F6N6O2. The van der Waals surface area contributed by atoms with Crippen LogP contribution in [0.2, 0.25) is 0 Å². The third-order valence-corrected chi connectivity index (χ3v) is 3.99. The van der Waals surface area contributed by atoms with Crippen molar-refractivity contribution >= 4 is 18.0 Å². The van der Waals surface area contributed by atoms with Crippen LogP contribution in [0.4, 0.5) is 32.2 Å². The molecule has 33 heavy (non-hydrogen) atoms. The molecule has 0 bridgehead atoms. The van der Waals surface area contributed by atoms with Crippen LogP contribution in [0.1, 0.15) is 11.1 Å². The molecule has 8 nitrogen and oxygen atoms in total. The average molecular weight is 472 g/mol. The highest BCUT2D eigenvalue weighted by atomic mass is 19.4. The van der Waals surface area contributed by atoms with Gasteiger partial charge in [0.15, 0.2) is 5.82 Å². The fraction of sp³-hybridized carbons (Fsp3) is 0.158. The molecule has 0 saturated carbocycles. The van der Waals surface area contributed by atoms with Crippen LogP contribution in [0, 0.1) is 0 Å². The van der Waals surface area contributed by atoms with Gasteiger partial charge in [-0.2, -0.15) is 31.3 Å². The van der Waals surface area contributed by atoms with E-state index in [9.17, 15) is 31.1 Å². The van der Waals surface area contributed by atoms with E-state index in [1.54, 1.807) is 12.1 Å². The molecule has 3 rings (SSSR count). The van der Waals surface area contributed by atoms with Gasteiger partial charge in [-0.05, 0) is 24.3 Å². The third-order valence-electron chi connectivity index (χ3n) is 3.99. The van der Waals surface area contributed by atoms with Gasteiger partial charge in [-0.25, -0.2) is 20.3 Å². The zero-order chi connectivity index (χ0) is 24.4. The van der Waals surface area contributed by atoms with Crippen molar-refractivity contribution in [3.8, 4) is 17.3 Å². The molecule has 0 radical (unpaired) electrons. The summed E-state index contributed by atoms with van der Waals surface area (Å²) in [5.74, 6) is 4.52. The molecule has 0 fully saturated rings. The molecule has 0 spiro atoms. The van der Waals surface area contributed by atoms with Crippen molar-refractivity contribution in [1.82, 2.24) is 19.7 Å². The number of hydrogen-bond donors (Lipinski definition) is 1. The van der Waals surface area contributed by atoms with Crippen LogP contribution in [-0.4, -0.2) is 32.8 Å². The summed E-state index contributed by atoms with van der Waals surface area (Å²) in [6.45, 7) is 0. The van der Waals surface area contributed by atoms with Gasteiger partial charge in [0.05, 0.1) is 11.1 Å². The first-order chi connectivity index (χ1) is 15.3. The predicted molar refractivity (Wildman–Crippen MR) is 103 cm³/mol. The molecule has 1 aromatic carbocycles. The van der Waals surface area contributed by atoms with E-state index in [1.807, 2.05) is 0 Å². The van der Waals surface area contributed by atoms with Gasteiger partial charge in [-0.1, -0.05) is 6.07 Å². The van der Waals surface area contributed by atoms with Gasteiger partial charge in [0.25, 0.3) is 0 Å². The summed E-state index contributed by atoms with van der Waals surface area (Å²) in [7, 11) is 1.53. The highest BCUT2D eigenvalue weighted by Gasteiger charge is 2.37. The molecule has 3 aromatic rings. The van der Waals surface area contributed by atoms with Gasteiger partial charge in [0.2, 0.25) is 5.88 Å². The number of aromatic nitrogens is 4. The standard InChI is InChI=1S/C19H14F6N6O2/c1-30(26)14-3-2-4-15(28-14)33-16(32)5-6-31-10-27-17(29-31)11-7-12(18(20,21)22)9-13(8-11)19(23,24)25/h2-10H,26H2,1H3/b6-5-. The normalized spacial score (nSPS) is 12.2. The molecule has 14 heteroatoms. The van der Waals surface area contributed by atoms with Crippen molar-refractivity contribution in [1.29, 1.82) is 0 Å². The number of esters is 1. The zero-order valence-corrected chi connectivity index (χ0v) is 16.6. The maximum Gasteiger partial charge on any atom is 0.416 e. The van der Waals surface area contributed by atoms with E-state index in [1.165, 1.54) is 18.1 Å². The summed E-state index contributed by atoms with van der Waals surface area (Å²) in [6.07, 6.45) is -7.06. The Hall–Kier alpha value is -3.94. The Bertz CT molecular complexity index is 1150. The van der Waals surface area contributed by atoms with Crippen molar-refractivity contribution in [2.24, 2.45) is 5.84 Å². The summed E-state index contributed by atoms with van der Waals surface area (Å²) >= 11 is 0. The number of pyridine rings is 1. The number of hydrogen-bond acceptors (Lipinski definition) is 7. The first-order valence-corrected chi connectivity index (χ1v) is 8.89. The van der Waals surface area contributed by atoms with Crippen LogP contribution in [-0.2, 0) is 17.1 Å². The fourth-order valence-corrected chi connectivity index (χ4v) is 2.49. The minimum absolute atomic E-state index is 0.00184. The van der Waals surface area contributed by atoms with Gasteiger partial charge in [0, 0.05) is 31.0 Å². The van der Waals surface area contributed by atoms with Gasteiger partial charge in [0.1, 0.15) is 12.1 Å². The largest absolute Gasteiger partial charge is 0.416 e. The van der Waals surface area contributed by atoms with E-state index < -0.39 is 40.8 Å². The summed E-state index contributed by atoms with van der Waals surface area (Å²) in [5.41, 5.74) is -3.50. The number of halogens is 6. The van der Waals surface area contributed by atoms with Crippen molar-refractivity contribution in [2.45, 2.75) is 12.4 Å². The smallest absolute Gasteiger partial charge is 0.404 e. The van der Waals surface area contributed by atoms with Crippen molar-refractivity contribution in [2.75, 3.05) is 12.1 Å². The lowest BCUT2D eigenvalue weighted by molar-refractivity contribution is -0.143. The summed E-state index contributed by atoms with van der Waals surface area (Å²) in [5, 5.41) is 4.98. The van der Waals surface area contributed by atoms with Crippen LogP contribution in [0.3, 0.4) is 0 Å². The number of carbonyl (C=O) groups excluding carboxylic acids is 1. The number of alkyl halides is 6. The van der Waals surface area contributed by atoms with Crippen molar-refractivity contribution < 1.29 is 35.9 Å². The second kappa shape index (κ2) is 8.90. The Morgan fingerprint density at radius 1 is 1.09 bits per heavy atom. The molecule has 0 saturated heterocycles. The molecule has 2 heterocycles. The molecule has 0 aliphatic heterocycles. The molecule has 2 N–H and O–H groups in total. The Balaban J connectivity index is 1.80. The number of benzene rings is 1. The van der Waals surface area contributed by atoms with Crippen LogP contribution >= 0.6 is 0 Å². The Labute approximate surface area is 181 Å². The fourth-order valence-electron chi connectivity index (χ4n) is 2.49. The second-order valence-electron chi connectivity index (χ2n) is 6.52. The van der Waals surface area contributed by atoms with Crippen LogP contribution < -0.4 is 15.6 Å². The maximum absolute atomic E-state index is 13.0. The SMILES string of the molecule is CN(N)c1cccc(OC(=O)/C=C\n2cnc(-c3cc(C(F)(F)F)cc(C(F)(F)F)c3)n2)n1. The maximum atomic E-state index is 13.0. The van der Waals surface area contributed by atoms with E-state index in [-0.39, 0.29) is 11.9 Å². The minimum atomic E-state index is -5.01. The van der Waals surface area contributed by atoms with E-state index in [2.05, 4.69) is 15.1 Å². The minimum Gasteiger partial charge on any atom is -0.404 e. The summed E-state index contributed by atoms with van der Waals surface area (Å²) in [6, 6.07) is 5.52. The molecule has 174 valence electrons. The number of anilines is 1. The van der Waals surface area contributed by atoms with Gasteiger partial charge in [-0.3, -0.25) is 5.01 Å². The van der Waals surface area contributed by atoms with Gasteiger partial charge in [-0.15, -0.1) is 5.10 Å². The van der Waals surface area contributed by atoms with Crippen LogP contribution in [0.5, 0.6) is 5.88 Å². The molecule has 0 atom stereocenters. The first-order valence-electron chi connectivity index (χ1n) is 8.89. The van der Waals surface area contributed by atoms with Gasteiger partial charge >= 0.3 is 18.3 Å². The zero-order valence-electron chi connectivity index (χ0n) is 16.6. The number of nitrogens with zero attached hydrogens (tertiary/aromatic N) is 5. The first kappa shape index (κ1) is 23.7. The monoisotopic (exact) mass is 472 g/mol. The van der Waals surface area contributed by atoms with Crippen LogP contribution in [0.25, 0.3) is 17.6 Å². The summed E-state index contributed by atoms with van der Waals surface area (Å²) in [4.78, 5) is 19.6.